The number of piperidine rings is 1. The summed E-state index contributed by atoms with van der Waals surface area (Å²) in [5, 5.41) is 3.15. The number of nitrogens with one attached hydrogen (secondary N) is 1. The monoisotopic (exact) mass is 281 g/mol. The number of pyridine rings is 1. The fraction of sp³-hybridized carbons (Fsp3) is 0.667. The van der Waals surface area contributed by atoms with Crippen molar-refractivity contribution in [1.82, 2.24) is 10.3 Å². The minimum atomic E-state index is -0.210. The van der Waals surface area contributed by atoms with E-state index in [1.54, 1.807) is 19.4 Å². The van der Waals surface area contributed by atoms with Crippen LogP contribution >= 0.6 is 0 Å². The van der Waals surface area contributed by atoms with E-state index >= 15 is 0 Å². The summed E-state index contributed by atoms with van der Waals surface area (Å²) in [6.45, 7) is 7.08. The first kappa shape index (κ1) is 15.2. The first-order valence-corrected chi connectivity index (χ1v) is 7.29. The summed E-state index contributed by atoms with van der Waals surface area (Å²) >= 11 is 0. The second-order valence-electron chi connectivity index (χ2n) is 5.37. The highest BCUT2D eigenvalue weighted by Gasteiger charge is 2.28. The summed E-state index contributed by atoms with van der Waals surface area (Å²) < 4.78 is 20.0. The lowest BCUT2D eigenvalue weighted by Crippen LogP contribution is -2.44. The van der Waals surface area contributed by atoms with Crippen LogP contribution in [0.1, 0.15) is 25.8 Å². The third-order valence-corrected chi connectivity index (χ3v) is 4.01. The summed E-state index contributed by atoms with van der Waals surface area (Å²) in [6, 6.07) is 1.74. The molecular weight excluding hydrogens is 257 g/mol. The van der Waals surface area contributed by atoms with Gasteiger partial charge in [0.15, 0.2) is 11.6 Å². The summed E-state index contributed by atoms with van der Waals surface area (Å²) in [5.74, 6) is 0.747. The van der Waals surface area contributed by atoms with Crippen molar-refractivity contribution in [3.63, 3.8) is 0 Å². The molecule has 2 heterocycles. The molecule has 2 unspecified atom stereocenters. The molecule has 1 aliphatic rings. The number of halogens is 1. The Balaban J connectivity index is 2.16. The SMILES string of the molecule is CCNCc1ccnc(N2CCC(C)C(OC)C2)c1F. The van der Waals surface area contributed by atoms with Crippen LogP contribution in [0.15, 0.2) is 12.3 Å². The topological polar surface area (TPSA) is 37.4 Å². The van der Waals surface area contributed by atoms with Gasteiger partial charge in [-0.2, -0.15) is 0 Å². The van der Waals surface area contributed by atoms with Crippen molar-refractivity contribution in [2.75, 3.05) is 31.6 Å². The standard InChI is InChI=1S/C15H24FN3O/c1-4-17-9-12-5-7-18-15(14(12)16)19-8-6-11(2)13(10-19)20-3/h5,7,11,13,17H,4,6,8-10H2,1-3H3. The van der Waals surface area contributed by atoms with Gasteiger partial charge in [0, 0.05) is 38.5 Å². The molecule has 20 heavy (non-hydrogen) atoms. The maximum Gasteiger partial charge on any atom is 0.170 e. The molecule has 112 valence electrons. The van der Waals surface area contributed by atoms with E-state index in [2.05, 4.69) is 17.2 Å². The van der Waals surface area contributed by atoms with Crippen LogP contribution in [0.2, 0.25) is 0 Å². The van der Waals surface area contributed by atoms with Crippen LogP contribution in [0.4, 0.5) is 10.2 Å². The minimum Gasteiger partial charge on any atom is -0.379 e. The maximum atomic E-state index is 14.5. The number of ether oxygens (including phenoxy) is 1. The van der Waals surface area contributed by atoms with Crippen molar-refractivity contribution >= 4 is 5.82 Å². The molecule has 1 aromatic heterocycles. The summed E-state index contributed by atoms with van der Waals surface area (Å²) in [7, 11) is 1.72. The average molecular weight is 281 g/mol. The number of methoxy groups -OCH3 is 1. The minimum absolute atomic E-state index is 0.141. The molecule has 0 aliphatic carbocycles. The Morgan fingerprint density at radius 2 is 2.35 bits per heavy atom. The summed E-state index contributed by atoms with van der Waals surface area (Å²) in [6.07, 6.45) is 2.82. The zero-order chi connectivity index (χ0) is 14.5. The predicted molar refractivity (Wildman–Crippen MR) is 78.4 cm³/mol. The van der Waals surface area contributed by atoms with Crippen molar-refractivity contribution in [2.45, 2.75) is 32.9 Å². The molecule has 4 nitrogen and oxygen atoms in total. The Morgan fingerprint density at radius 1 is 1.55 bits per heavy atom. The highest BCUT2D eigenvalue weighted by Crippen LogP contribution is 2.26. The highest BCUT2D eigenvalue weighted by atomic mass is 19.1. The zero-order valence-corrected chi connectivity index (χ0v) is 12.5. The van der Waals surface area contributed by atoms with Gasteiger partial charge in [-0.25, -0.2) is 9.37 Å². The van der Waals surface area contributed by atoms with Gasteiger partial charge < -0.3 is 15.0 Å². The van der Waals surface area contributed by atoms with Gasteiger partial charge >= 0.3 is 0 Å². The van der Waals surface area contributed by atoms with Gasteiger partial charge in [0.1, 0.15) is 0 Å². The molecule has 0 bridgehead atoms. The molecule has 0 saturated carbocycles. The molecule has 1 N–H and O–H groups in total. The number of nitrogens with zero attached hydrogens (tertiary/aromatic N) is 2. The lowest BCUT2D eigenvalue weighted by atomic mass is 9.96. The molecule has 1 aliphatic heterocycles. The number of hydrogen-bond donors (Lipinski definition) is 1. The second kappa shape index (κ2) is 6.99. The Kier molecular flexibility index (Phi) is 5.31. The third kappa shape index (κ3) is 3.27. The van der Waals surface area contributed by atoms with E-state index < -0.39 is 0 Å². The fourth-order valence-corrected chi connectivity index (χ4v) is 2.62. The number of aromatic nitrogens is 1. The van der Waals surface area contributed by atoms with Crippen molar-refractivity contribution in [2.24, 2.45) is 5.92 Å². The van der Waals surface area contributed by atoms with E-state index in [1.807, 2.05) is 11.8 Å². The third-order valence-electron chi connectivity index (χ3n) is 4.01. The van der Waals surface area contributed by atoms with Crippen LogP contribution in [0.3, 0.4) is 0 Å². The van der Waals surface area contributed by atoms with Crippen LogP contribution in [0.25, 0.3) is 0 Å². The summed E-state index contributed by atoms with van der Waals surface area (Å²) in [4.78, 5) is 6.23. The van der Waals surface area contributed by atoms with Crippen molar-refractivity contribution in [1.29, 1.82) is 0 Å². The predicted octanol–water partition coefficient (Wildman–Crippen LogP) is 2.19. The van der Waals surface area contributed by atoms with Gasteiger partial charge in [-0.1, -0.05) is 13.8 Å². The van der Waals surface area contributed by atoms with E-state index in [-0.39, 0.29) is 11.9 Å². The largest absolute Gasteiger partial charge is 0.379 e. The number of rotatable bonds is 5. The fourth-order valence-electron chi connectivity index (χ4n) is 2.62. The molecular formula is C15H24FN3O. The van der Waals surface area contributed by atoms with Gasteiger partial charge in [-0.05, 0) is 24.9 Å². The average Bonchev–Trinajstić information content (AvgIpc) is 2.47. The Morgan fingerprint density at radius 3 is 3.05 bits per heavy atom. The van der Waals surface area contributed by atoms with E-state index in [4.69, 9.17) is 4.74 Å². The molecule has 1 fully saturated rings. The lowest BCUT2D eigenvalue weighted by Gasteiger charge is -2.37. The Labute approximate surface area is 120 Å². The van der Waals surface area contributed by atoms with E-state index in [0.717, 1.165) is 19.5 Å². The maximum absolute atomic E-state index is 14.5. The molecule has 0 radical (unpaired) electrons. The van der Waals surface area contributed by atoms with Crippen LogP contribution < -0.4 is 10.2 Å². The van der Waals surface area contributed by atoms with Crippen molar-refractivity contribution in [3.8, 4) is 0 Å². The number of anilines is 1. The van der Waals surface area contributed by atoms with Gasteiger partial charge in [0.05, 0.1) is 6.10 Å². The Hall–Kier alpha value is -1.20. The number of hydrogen-bond acceptors (Lipinski definition) is 4. The zero-order valence-electron chi connectivity index (χ0n) is 12.5. The molecule has 0 spiro atoms. The van der Waals surface area contributed by atoms with Gasteiger partial charge in [-0.15, -0.1) is 0 Å². The lowest BCUT2D eigenvalue weighted by molar-refractivity contribution is 0.0494. The molecule has 2 atom stereocenters. The van der Waals surface area contributed by atoms with Crippen LogP contribution in [0.5, 0.6) is 0 Å². The normalized spacial score (nSPS) is 23.1. The quantitative estimate of drug-likeness (QED) is 0.898. The first-order chi connectivity index (χ1) is 9.67. The van der Waals surface area contributed by atoms with Gasteiger partial charge in [-0.3, -0.25) is 0 Å². The smallest absolute Gasteiger partial charge is 0.170 e. The van der Waals surface area contributed by atoms with Crippen LogP contribution in [-0.4, -0.2) is 37.8 Å². The van der Waals surface area contributed by atoms with Gasteiger partial charge in [0.2, 0.25) is 0 Å². The molecule has 1 saturated heterocycles. The summed E-state index contributed by atoms with van der Waals surface area (Å²) in [5.41, 5.74) is 0.671. The first-order valence-electron chi connectivity index (χ1n) is 7.29. The van der Waals surface area contributed by atoms with Gasteiger partial charge in [0.25, 0.3) is 0 Å². The van der Waals surface area contributed by atoms with Crippen LogP contribution in [-0.2, 0) is 11.3 Å². The van der Waals surface area contributed by atoms with E-state index in [0.29, 0.717) is 30.4 Å². The molecule has 1 aromatic rings. The van der Waals surface area contributed by atoms with E-state index in [9.17, 15) is 4.39 Å². The molecule has 0 aromatic carbocycles. The molecule has 0 amide bonds. The van der Waals surface area contributed by atoms with Crippen LogP contribution in [0, 0.1) is 11.7 Å². The molecule has 2 rings (SSSR count). The van der Waals surface area contributed by atoms with Crippen molar-refractivity contribution < 1.29 is 9.13 Å². The van der Waals surface area contributed by atoms with E-state index in [1.165, 1.54) is 0 Å². The molecule has 5 heteroatoms. The highest BCUT2D eigenvalue weighted by molar-refractivity contribution is 5.43. The van der Waals surface area contributed by atoms with Crippen molar-refractivity contribution in [3.05, 3.63) is 23.6 Å². The Bertz CT molecular complexity index is 441. The second-order valence-corrected chi connectivity index (χ2v) is 5.37.